The fourth-order valence-electron chi connectivity index (χ4n) is 1.91. The van der Waals surface area contributed by atoms with E-state index < -0.39 is 0 Å². The molecule has 1 heterocycles. The molecule has 0 aliphatic rings. The summed E-state index contributed by atoms with van der Waals surface area (Å²) in [6, 6.07) is 17.2. The number of carbonyl (C=O) groups is 1. The van der Waals surface area contributed by atoms with Crippen molar-refractivity contribution in [3.05, 3.63) is 71.1 Å². The van der Waals surface area contributed by atoms with Crippen LogP contribution in [0.1, 0.15) is 15.9 Å². The first-order valence-corrected chi connectivity index (χ1v) is 7.07. The highest BCUT2D eigenvalue weighted by Gasteiger charge is 2.03. The van der Waals surface area contributed by atoms with Crippen molar-refractivity contribution in [1.29, 1.82) is 0 Å². The number of hydrazone groups is 1. The van der Waals surface area contributed by atoms with Gasteiger partial charge in [-0.2, -0.15) is 5.10 Å². The number of hydrogen-bond acceptors (Lipinski definition) is 3. The summed E-state index contributed by atoms with van der Waals surface area (Å²) < 4.78 is 1.21. The summed E-state index contributed by atoms with van der Waals surface area (Å²) in [6.07, 6.45) is 1.68. The van der Waals surface area contributed by atoms with Gasteiger partial charge in [0.2, 0.25) is 0 Å². The van der Waals surface area contributed by atoms with Crippen LogP contribution in [0, 0.1) is 0 Å². The van der Waals surface area contributed by atoms with Crippen molar-refractivity contribution in [1.82, 2.24) is 5.43 Å². The second-order valence-corrected chi connectivity index (χ2v) is 5.16. The van der Waals surface area contributed by atoms with Crippen LogP contribution in [-0.4, -0.2) is 12.1 Å². The zero-order valence-corrected chi connectivity index (χ0v) is 11.4. The molecule has 0 unspecified atom stereocenters. The average Bonchev–Trinajstić information content (AvgIpc) is 2.92. The molecule has 1 N–H and O–H groups in total. The maximum absolute atomic E-state index is 11.8. The zero-order chi connectivity index (χ0) is 13.8. The van der Waals surface area contributed by atoms with Gasteiger partial charge >= 0.3 is 0 Å². The summed E-state index contributed by atoms with van der Waals surface area (Å²) >= 11 is 1.67. The lowest BCUT2D eigenvalue weighted by Gasteiger charge is -1.98. The molecule has 1 aromatic heterocycles. The number of thiophene rings is 1. The van der Waals surface area contributed by atoms with Crippen molar-refractivity contribution in [2.75, 3.05) is 0 Å². The second kappa shape index (κ2) is 5.67. The van der Waals surface area contributed by atoms with E-state index in [2.05, 4.69) is 16.6 Å². The first kappa shape index (κ1) is 12.6. The third kappa shape index (κ3) is 2.60. The number of nitrogens with zero attached hydrogens (tertiary/aromatic N) is 1. The predicted molar refractivity (Wildman–Crippen MR) is 83.3 cm³/mol. The number of carbonyl (C=O) groups excluding carboxylic acids is 1. The van der Waals surface area contributed by atoms with Gasteiger partial charge in [-0.15, -0.1) is 11.3 Å². The average molecular weight is 280 g/mol. The molecule has 3 aromatic rings. The summed E-state index contributed by atoms with van der Waals surface area (Å²) in [4.78, 5) is 11.8. The molecule has 0 aliphatic heterocycles. The molecule has 0 bridgehead atoms. The molecule has 0 fully saturated rings. The Morgan fingerprint density at radius 3 is 2.65 bits per heavy atom. The quantitative estimate of drug-likeness (QED) is 0.577. The fraction of sp³-hybridized carbons (Fsp3) is 0. The molecule has 0 radical (unpaired) electrons. The van der Waals surface area contributed by atoms with Crippen LogP contribution in [0.15, 0.2) is 65.1 Å². The number of benzene rings is 2. The van der Waals surface area contributed by atoms with Crippen molar-refractivity contribution in [2.45, 2.75) is 0 Å². The van der Waals surface area contributed by atoms with E-state index in [9.17, 15) is 4.79 Å². The van der Waals surface area contributed by atoms with Crippen LogP contribution in [0.4, 0.5) is 0 Å². The Bertz CT molecular complexity index is 762. The minimum Gasteiger partial charge on any atom is -0.267 e. The molecule has 0 aliphatic carbocycles. The second-order valence-electron chi connectivity index (χ2n) is 4.25. The number of rotatable bonds is 3. The summed E-state index contributed by atoms with van der Waals surface area (Å²) in [5, 5.41) is 7.20. The van der Waals surface area contributed by atoms with E-state index in [0.717, 1.165) is 10.9 Å². The van der Waals surface area contributed by atoms with Gasteiger partial charge in [0, 0.05) is 26.6 Å². The van der Waals surface area contributed by atoms with Crippen LogP contribution in [0.3, 0.4) is 0 Å². The molecule has 0 atom stereocenters. The number of fused-ring (bicyclic) bond motifs is 1. The van der Waals surface area contributed by atoms with E-state index in [0.29, 0.717) is 5.56 Å². The molecule has 98 valence electrons. The maximum Gasteiger partial charge on any atom is 0.271 e. The molecular weight excluding hydrogens is 268 g/mol. The van der Waals surface area contributed by atoms with Crippen molar-refractivity contribution >= 4 is 33.5 Å². The van der Waals surface area contributed by atoms with Gasteiger partial charge in [-0.3, -0.25) is 4.79 Å². The molecule has 0 saturated carbocycles. The number of hydrogen-bond donors (Lipinski definition) is 1. The Labute approximate surface area is 120 Å². The standard InChI is InChI=1S/C16H12N2OS/c19-16(12-6-2-1-3-7-12)18-17-10-13-11-20-15-9-5-4-8-14(13)15/h1-11H,(H,18,19)/b17-10+. The molecular formula is C16H12N2OS. The van der Waals surface area contributed by atoms with Crippen molar-refractivity contribution < 1.29 is 4.79 Å². The van der Waals surface area contributed by atoms with E-state index in [1.165, 1.54) is 4.70 Å². The largest absolute Gasteiger partial charge is 0.271 e. The van der Waals surface area contributed by atoms with Crippen molar-refractivity contribution in [3.63, 3.8) is 0 Å². The zero-order valence-electron chi connectivity index (χ0n) is 10.6. The van der Waals surface area contributed by atoms with Crippen LogP contribution in [-0.2, 0) is 0 Å². The molecule has 4 heteroatoms. The summed E-state index contributed by atoms with van der Waals surface area (Å²) in [7, 11) is 0. The summed E-state index contributed by atoms with van der Waals surface area (Å²) in [6.45, 7) is 0. The SMILES string of the molecule is O=C(N/N=C/c1csc2ccccc12)c1ccccc1. The third-order valence-corrected chi connectivity index (χ3v) is 3.90. The Morgan fingerprint density at radius 2 is 1.80 bits per heavy atom. The lowest BCUT2D eigenvalue weighted by atomic mass is 10.2. The molecule has 20 heavy (non-hydrogen) atoms. The monoisotopic (exact) mass is 280 g/mol. The molecule has 0 spiro atoms. The van der Waals surface area contributed by atoms with Gasteiger partial charge in [-0.05, 0) is 18.2 Å². The van der Waals surface area contributed by atoms with Gasteiger partial charge in [0.15, 0.2) is 0 Å². The lowest BCUT2D eigenvalue weighted by molar-refractivity contribution is 0.0955. The topological polar surface area (TPSA) is 41.5 Å². The summed E-state index contributed by atoms with van der Waals surface area (Å²) in [5.74, 6) is -0.207. The predicted octanol–water partition coefficient (Wildman–Crippen LogP) is 3.67. The van der Waals surface area contributed by atoms with Crippen LogP contribution >= 0.6 is 11.3 Å². The highest BCUT2D eigenvalue weighted by molar-refractivity contribution is 7.17. The molecule has 3 rings (SSSR count). The maximum atomic E-state index is 11.8. The Balaban J connectivity index is 1.74. The van der Waals surface area contributed by atoms with E-state index in [4.69, 9.17) is 0 Å². The van der Waals surface area contributed by atoms with E-state index in [1.54, 1.807) is 29.7 Å². The van der Waals surface area contributed by atoms with Gasteiger partial charge in [-0.1, -0.05) is 36.4 Å². The molecule has 3 nitrogen and oxygen atoms in total. The Hall–Kier alpha value is -2.46. The van der Waals surface area contributed by atoms with Crippen molar-refractivity contribution in [2.24, 2.45) is 5.10 Å². The Morgan fingerprint density at radius 1 is 1.05 bits per heavy atom. The highest BCUT2D eigenvalue weighted by atomic mass is 32.1. The lowest BCUT2D eigenvalue weighted by Crippen LogP contribution is -2.17. The van der Waals surface area contributed by atoms with Crippen molar-refractivity contribution in [3.8, 4) is 0 Å². The van der Waals surface area contributed by atoms with E-state index in [-0.39, 0.29) is 5.91 Å². The Kier molecular flexibility index (Phi) is 3.56. The first-order chi connectivity index (χ1) is 9.84. The van der Waals surface area contributed by atoms with E-state index in [1.807, 2.05) is 41.8 Å². The van der Waals surface area contributed by atoms with Gasteiger partial charge in [-0.25, -0.2) is 5.43 Å². The third-order valence-electron chi connectivity index (χ3n) is 2.92. The smallest absolute Gasteiger partial charge is 0.267 e. The highest BCUT2D eigenvalue weighted by Crippen LogP contribution is 2.23. The molecule has 0 saturated heterocycles. The first-order valence-electron chi connectivity index (χ1n) is 6.19. The number of nitrogens with one attached hydrogen (secondary N) is 1. The van der Waals surface area contributed by atoms with Crippen LogP contribution < -0.4 is 5.43 Å². The van der Waals surface area contributed by atoms with Gasteiger partial charge < -0.3 is 0 Å². The minimum atomic E-state index is -0.207. The molecule has 2 aromatic carbocycles. The van der Waals surface area contributed by atoms with Crippen LogP contribution in [0.2, 0.25) is 0 Å². The minimum absolute atomic E-state index is 0.207. The molecule has 1 amide bonds. The van der Waals surface area contributed by atoms with E-state index >= 15 is 0 Å². The van der Waals surface area contributed by atoms with Crippen LogP contribution in [0.5, 0.6) is 0 Å². The van der Waals surface area contributed by atoms with Crippen LogP contribution in [0.25, 0.3) is 10.1 Å². The van der Waals surface area contributed by atoms with Gasteiger partial charge in [0.1, 0.15) is 0 Å². The fourth-order valence-corrected chi connectivity index (χ4v) is 2.82. The van der Waals surface area contributed by atoms with Gasteiger partial charge in [0.25, 0.3) is 5.91 Å². The summed E-state index contributed by atoms with van der Waals surface area (Å²) in [5.41, 5.74) is 4.15. The van der Waals surface area contributed by atoms with Gasteiger partial charge in [0.05, 0.1) is 6.21 Å². The normalized spacial score (nSPS) is 11.0. The number of amides is 1.